The number of nitrogen functional groups attached to an aromatic ring is 1. The molecule has 0 bridgehead atoms. The molecule has 0 aliphatic carbocycles. The first-order valence-corrected chi connectivity index (χ1v) is 8.01. The smallest absolute Gasteiger partial charge is 0.389 e. The minimum atomic E-state index is -4.21. The highest BCUT2D eigenvalue weighted by Crippen LogP contribution is 2.24. The quantitative estimate of drug-likeness (QED) is 0.593. The fraction of sp³-hybridized carbons (Fsp3) is 0.455. The molecule has 1 aromatic carbocycles. The fourth-order valence-corrected chi connectivity index (χ4v) is 3.64. The Hall–Kier alpha value is -0.800. The molecule has 0 saturated carbocycles. The van der Waals surface area contributed by atoms with Crippen LogP contribution in [0, 0.1) is 0 Å². The third-order valence-electron chi connectivity index (χ3n) is 2.42. The van der Waals surface area contributed by atoms with Gasteiger partial charge >= 0.3 is 6.18 Å². The van der Waals surface area contributed by atoms with Crippen LogP contribution in [0.4, 0.5) is 18.9 Å². The number of nitrogens with one attached hydrogen (secondary N) is 1. The van der Waals surface area contributed by atoms with Gasteiger partial charge in [-0.3, -0.25) is 0 Å². The van der Waals surface area contributed by atoms with Crippen LogP contribution in [0.15, 0.2) is 27.6 Å². The summed E-state index contributed by atoms with van der Waals surface area (Å²) in [6.45, 7) is -0.0464. The van der Waals surface area contributed by atoms with Gasteiger partial charge in [0.05, 0.1) is 4.90 Å². The Morgan fingerprint density at radius 1 is 1.25 bits per heavy atom. The van der Waals surface area contributed by atoms with Gasteiger partial charge < -0.3 is 5.73 Å². The van der Waals surface area contributed by atoms with Crippen LogP contribution in [0.2, 0.25) is 0 Å². The molecule has 3 N–H and O–H groups in total. The number of halogens is 4. The highest BCUT2D eigenvalue weighted by atomic mass is 79.9. The standard InChI is InChI=1S/C11H14BrF3N2O2S/c12-9-7-8(16)3-4-10(9)20(18,19)17-6-2-1-5-11(13,14)15/h3-4,7,17H,1-2,5-6,16H2. The van der Waals surface area contributed by atoms with Crippen molar-refractivity contribution in [1.29, 1.82) is 0 Å². The van der Waals surface area contributed by atoms with Crippen LogP contribution in [0.25, 0.3) is 0 Å². The number of unbranched alkanes of at least 4 members (excludes halogenated alkanes) is 1. The summed E-state index contributed by atoms with van der Waals surface area (Å²) in [5.74, 6) is 0. The maximum absolute atomic E-state index is 11.9. The highest BCUT2D eigenvalue weighted by Gasteiger charge is 2.26. The first kappa shape index (κ1) is 17.3. The van der Waals surface area contributed by atoms with Gasteiger partial charge in [-0.2, -0.15) is 13.2 Å². The molecule has 0 amide bonds. The second-order valence-electron chi connectivity index (χ2n) is 4.16. The monoisotopic (exact) mass is 374 g/mol. The Morgan fingerprint density at radius 2 is 1.90 bits per heavy atom. The molecule has 0 heterocycles. The van der Waals surface area contributed by atoms with Crippen molar-refractivity contribution in [3.63, 3.8) is 0 Å². The topological polar surface area (TPSA) is 72.2 Å². The van der Waals surface area contributed by atoms with Crippen molar-refractivity contribution in [1.82, 2.24) is 4.72 Å². The lowest BCUT2D eigenvalue weighted by molar-refractivity contribution is -0.135. The SMILES string of the molecule is Nc1ccc(S(=O)(=O)NCCCCC(F)(F)F)c(Br)c1. The predicted molar refractivity (Wildman–Crippen MR) is 73.6 cm³/mol. The summed E-state index contributed by atoms with van der Waals surface area (Å²) < 4.78 is 62.1. The summed E-state index contributed by atoms with van der Waals surface area (Å²) in [5, 5.41) is 0. The van der Waals surface area contributed by atoms with Gasteiger partial charge in [0.15, 0.2) is 0 Å². The Morgan fingerprint density at radius 3 is 2.45 bits per heavy atom. The highest BCUT2D eigenvalue weighted by molar-refractivity contribution is 9.10. The molecule has 0 aliphatic heterocycles. The van der Waals surface area contributed by atoms with E-state index >= 15 is 0 Å². The van der Waals surface area contributed by atoms with Crippen molar-refractivity contribution in [3.8, 4) is 0 Å². The normalized spacial score (nSPS) is 12.6. The minimum Gasteiger partial charge on any atom is -0.399 e. The van der Waals surface area contributed by atoms with Crippen molar-refractivity contribution >= 4 is 31.6 Å². The van der Waals surface area contributed by atoms with Crippen LogP contribution < -0.4 is 10.5 Å². The van der Waals surface area contributed by atoms with Gasteiger partial charge in [0.1, 0.15) is 0 Å². The number of sulfonamides is 1. The van der Waals surface area contributed by atoms with Gasteiger partial charge in [-0.15, -0.1) is 0 Å². The lowest BCUT2D eigenvalue weighted by Gasteiger charge is -2.09. The zero-order chi connectivity index (χ0) is 15.4. The lowest BCUT2D eigenvalue weighted by Crippen LogP contribution is -2.25. The summed E-state index contributed by atoms with van der Waals surface area (Å²) >= 11 is 3.08. The van der Waals surface area contributed by atoms with E-state index in [1.54, 1.807) is 0 Å². The van der Waals surface area contributed by atoms with Crippen molar-refractivity contribution in [3.05, 3.63) is 22.7 Å². The predicted octanol–water partition coefficient (Wildman–Crippen LogP) is 3.04. The number of anilines is 1. The van der Waals surface area contributed by atoms with Gasteiger partial charge in [0.2, 0.25) is 10.0 Å². The number of nitrogens with two attached hydrogens (primary N) is 1. The molecule has 1 rings (SSSR count). The van der Waals surface area contributed by atoms with Gasteiger partial charge in [0.25, 0.3) is 0 Å². The van der Waals surface area contributed by atoms with E-state index in [1.807, 2.05) is 0 Å². The van der Waals surface area contributed by atoms with Gasteiger partial charge in [-0.25, -0.2) is 13.1 Å². The van der Waals surface area contributed by atoms with E-state index < -0.39 is 22.6 Å². The van der Waals surface area contributed by atoms with Crippen molar-refractivity contribution < 1.29 is 21.6 Å². The van der Waals surface area contributed by atoms with Crippen LogP contribution in [-0.2, 0) is 10.0 Å². The molecule has 0 fully saturated rings. The van der Waals surface area contributed by atoms with Crippen molar-refractivity contribution in [2.75, 3.05) is 12.3 Å². The third kappa shape index (κ3) is 5.68. The second-order valence-corrected chi connectivity index (χ2v) is 6.75. The lowest BCUT2D eigenvalue weighted by atomic mass is 10.2. The molecular formula is C11H14BrF3N2O2S. The summed E-state index contributed by atoms with van der Waals surface area (Å²) in [5.41, 5.74) is 5.90. The average molecular weight is 375 g/mol. The second kappa shape index (κ2) is 6.77. The molecule has 0 atom stereocenters. The summed E-state index contributed by atoms with van der Waals surface area (Å²) in [7, 11) is -3.76. The maximum Gasteiger partial charge on any atom is 0.389 e. The number of hydrogen-bond donors (Lipinski definition) is 2. The fourth-order valence-electron chi connectivity index (χ4n) is 1.47. The van der Waals surface area contributed by atoms with E-state index in [0.717, 1.165) is 0 Å². The Kier molecular flexibility index (Phi) is 5.84. The number of rotatable bonds is 6. The van der Waals surface area contributed by atoms with E-state index in [9.17, 15) is 21.6 Å². The Labute approximate surface area is 123 Å². The molecule has 1 aromatic rings. The van der Waals surface area contributed by atoms with Crippen LogP contribution in [-0.4, -0.2) is 21.1 Å². The number of benzene rings is 1. The Bertz CT molecular complexity index is 561. The summed E-state index contributed by atoms with van der Waals surface area (Å²) in [6, 6.07) is 4.21. The molecule has 20 heavy (non-hydrogen) atoms. The van der Waals surface area contributed by atoms with Crippen LogP contribution in [0.5, 0.6) is 0 Å². The summed E-state index contributed by atoms with van der Waals surface area (Å²) in [6.07, 6.45) is -5.13. The molecule has 0 aromatic heterocycles. The van der Waals surface area contributed by atoms with Crippen LogP contribution in [0.3, 0.4) is 0 Å². The van der Waals surface area contributed by atoms with Crippen LogP contribution >= 0.6 is 15.9 Å². The molecule has 0 unspecified atom stereocenters. The number of hydrogen-bond acceptors (Lipinski definition) is 3. The molecule has 4 nitrogen and oxygen atoms in total. The molecule has 0 saturated heterocycles. The van der Waals surface area contributed by atoms with Gasteiger partial charge in [-0.1, -0.05) is 0 Å². The van der Waals surface area contributed by atoms with E-state index in [0.29, 0.717) is 10.2 Å². The third-order valence-corrected chi connectivity index (χ3v) is 4.86. The molecule has 114 valence electrons. The zero-order valence-corrected chi connectivity index (χ0v) is 12.8. The largest absolute Gasteiger partial charge is 0.399 e. The first-order valence-electron chi connectivity index (χ1n) is 5.73. The Balaban J connectivity index is 2.54. The van der Waals surface area contributed by atoms with E-state index in [2.05, 4.69) is 20.7 Å². The zero-order valence-electron chi connectivity index (χ0n) is 10.4. The van der Waals surface area contributed by atoms with E-state index in [1.165, 1.54) is 18.2 Å². The molecule has 9 heteroatoms. The van der Waals surface area contributed by atoms with Crippen molar-refractivity contribution in [2.24, 2.45) is 0 Å². The van der Waals surface area contributed by atoms with Gasteiger partial charge in [0, 0.05) is 23.1 Å². The molecule has 0 spiro atoms. The van der Waals surface area contributed by atoms with E-state index in [4.69, 9.17) is 5.73 Å². The minimum absolute atomic E-state index is 0.00233. The first-order chi connectivity index (χ1) is 9.12. The van der Waals surface area contributed by atoms with Gasteiger partial charge in [-0.05, 0) is 47.0 Å². The average Bonchev–Trinajstić information content (AvgIpc) is 2.26. The molecule has 0 aliphatic rings. The maximum atomic E-state index is 11.9. The van der Waals surface area contributed by atoms with E-state index in [-0.39, 0.29) is 24.3 Å². The molecular weight excluding hydrogens is 361 g/mol. The molecule has 0 radical (unpaired) electrons. The number of alkyl halides is 3. The summed E-state index contributed by atoms with van der Waals surface area (Å²) in [4.78, 5) is 0.00233. The van der Waals surface area contributed by atoms with Crippen molar-refractivity contribution in [2.45, 2.75) is 30.3 Å². The van der Waals surface area contributed by atoms with Crippen LogP contribution in [0.1, 0.15) is 19.3 Å².